The molecule has 2 heterocycles. The predicted molar refractivity (Wildman–Crippen MR) is 82.3 cm³/mol. The molecule has 0 spiro atoms. The Labute approximate surface area is 129 Å². The van der Waals surface area contributed by atoms with Crippen molar-refractivity contribution >= 4 is 21.4 Å². The second-order valence-electron chi connectivity index (χ2n) is 5.86. The molecule has 1 aromatic carbocycles. The molecule has 1 aromatic rings. The number of aryl methyl sites for hydroxylation is 1. The highest BCUT2D eigenvalue weighted by Gasteiger charge is 2.28. The fourth-order valence-electron chi connectivity index (χ4n) is 3.00. The molecule has 2 aliphatic rings. The molecule has 0 radical (unpaired) electrons. The van der Waals surface area contributed by atoms with Gasteiger partial charge >= 0.3 is 0 Å². The third-order valence-corrected chi connectivity index (χ3v) is 6.18. The molecule has 3 rings (SSSR count). The first-order valence-electron chi connectivity index (χ1n) is 7.47. The predicted octanol–water partition coefficient (Wildman–Crippen LogP) is 0.709. The van der Waals surface area contributed by atoms with Crippen LogP contribution >= 0.6 is 0 Å². The van der Waals surface area contributed by atoms with Gasteiger partial charge in [0.25, 0.3) is 0 Å². The maximum atomic E-state index is 12.2. The minimum Gasteiger partial charge on any atom is -0.381 e. The van der Waals surface area contributed by atoms with Crippen LogP contribution in [0.15, 0.2) is 23.1 Å². The number of nitrogens with one attached hydrogen (secondary N) is 1. The quantitative estimate of drug-likeness (QED) is 0.853. The van der Waals surface area contributed by atoms with E-state index >= 15 is 0 Å². The van der Waals surface area contributed by atoms with Crippen molar-refractivity contribution in [1.29, 1.82) is 0 Å². The summed E-state index contributed by atoms with van der Waals surface area (Å²) in [6.45, 7) is 1.26. The molecule has 2 aliphatic heterocycles. The highest BCUT2D eigenvalue weighted by Crippen LogP contribution is 2.28. The molecule has 1 amide bonds. The molecule has 3 N–H and O–H groups in total. The standard InChI is InChI=1S/C15H20N2O4S/c16-14(11-3-6-21-7-4-11)15(18)17-12-2-1-10-5-8-22(19,20)13(10)9-12/h1-2,9,11,14H,3-8,16H2,(H,17,18). The number of nitrogens with two attached hydrogens (primary N) is 1. The number of ether oxygens (including phenoxy) is 1. The zero-order chi connectivity index (χ0) is 15.7. The number of hydrogen-bond donors (Lipinski definition) is 2. The maximum Gasteiger partial charge on any atom is 0.241 e. The molecule has 0 aliphatic carbocycles. The number of carbonyl (C=O) groups excluding carboxylic acids is 1. The Morgan fingerprint density at radius 3 is 2.77 bits per heavy atom. The maximum absolute atomic E-state index is 12.2. The molecule has 0 aromatic heterocycles. The van der Waals surface area contributed by atoms with Crippen molar-refractivity contribution in [1.82, 2.24) is 0 Å². The third-order valence-electron chi connectivity index (χ3n) is 4.39. The lowest BCUT2D eigenvalue weighted by atomic mass is 9.92. The van der Waals surface area contributed by atoms with Gasteiger partial charge in [0.15, 0.2) is 9.84 Å². The fourth-order valence-corrected chi connectivity index (χ4v) is 4.58. The van der Waals surface area contributed by atoms with Crippen molar-refractivity contribution in [2.24, 2.45) is 11.7 Å². The number of anilines is 1. The van der Waals surface area contributed by atoms with Crippen molar-refractivity contribution in [2.75, 3.05) is 24.3 Å². The smallest absolute Gasteiger partial charge is 0.241 e. The van der Waals surface area contributed by atoms with Crippen LogP contribution in [0.3, 0.4) is 0 Å². The SMILES string of the molecule is NC(C(=O)Nc1ccc2c(c1)S(=O)(=O)CC2)C1CCOCC1. The summed E-state index contributed by atoms with van der Waals surface area (Å²) in [5.74, 6) is -0.0319. The summed E-state index contributed by atoms with van der Waals surface area (Å²) in [5, 5.41) is 2.74. The minimum absolute atomic E-state index is 0.104. The normalized spacial score (nSPS) is 22.0. The molecule has 22 heavy (non-hydrogen) atoms. The molecule has 1 fully saturated rings. The number of rotatable bonds is 3. The summed E-state index contributed by atoms with van der Waals surface area (Å²) in [5.41, 5.74) is 7.31. The largest absolute Gasteiger partial charge is 0.381 e. The summed E-state index contributed by atoms with van der Waals surface area (Å²) in [6, 6.07) is 4.42. The number of carbonyl (C=O) groups is 1. The second kappa shape index (κ2) is 5.98. The van der Waals surface area contributed by atoms with Crippen LogP contribution < -0.4 is 11.1 Å². The number of sulfone groups is 1. The Balaban J connectivity index is 1.72. The van der Waals surface area contributed by atoms with E-state index in [1.54, 1.807) is 12.1 Å². The van der Waals surface area contributed by atoms with Gasteiger partial charge in [-0.25, -0.2) is 8.42 Å². The summed E-state index contributed by atoms with van der Waals surface area (Å²) in [7, 11) is -3.20. The van der Waals surface area contributed by atoms with E-state index in [1.165, 1.54) is 6.07 Å². The van der Waals surface area contributed by atoms with Crippen LogP contribution in [0.2, 0.25) is 0 Å². The molecule has 0 saturated carbocycles. The first kappa shape index (κ1) is 15.5. The average Bonchev–Trinajstić information content (AvgIpc) is 2.83. The van der Waals surface area contributed by atoms with Crippen LogP contribution in [0.25, 0.3) is 0 Å². The number of hydrogen-bond acceptors (Lipinski definition) is 5. The average molecular weight is 324 g/mol. The van der Waals surface area contributed by atoms with E-state index in [4.69, 9.17) is 10.5 Å². The van der Waals surface area contributed by atoms with Crippen LogP contribution in [0.1, 0.15) is 18.4 Å². The lowest BCUT2D eigenvalue weighted by Crippen LogP contribution is -2.44. The van der Waals surface area contributed by atoms with E-state index in [9.17, 15) is 13.2 Å². The highest BCUT2D eigenvalue weighted by atomic mass is 32.2. The zero-order valence-electron chi connectivity index (χ0n) is 12.2. The Bertz CT molecular complexity index is 681. The second-order valence-corrected chi connectivity index (χ2v) is 7.93. The lowest BCUT2D eigenvalue weighted by Gasteiger charge is -2.26. The zero-order valence-corrected chi connectivity index (χ0v) is 13.1. The van der Waals surface area contributed by atoms with Crippen LogP contribution in [-0.4, -0.2) is 39.3 Å². The number of benzene rings is 1. The van der Waals surface area contributed by atoms with Gasteiger partial charge in [0.1, 0.15) is 0 Å². The van der Waals surface area contributed by atoms with Gasteiger partial charge < -0.3 is 15.8 Å². The molecule has 6 nitrogen and oxygen atoms in total. The van der Waals surface area contributed by atoms with Gasteiger partial charge in [0.2, 0.25) is 5.91 Å². The van der Waals surface area contributed by atoms with Crippen LogP contribution in [0.4, 0.5) is 5.69 Å². The Morgan fingerprint density at radius 1 is 1.32 bits per heavy atom. The molecular formula is C15H20N2O4S. The number of amides is 1. The third kappa shape index (κ3) is 3.02. The van der Waals surface area contributed by atoms with Crippen molar-refractivity contribution in [3.63, 3.8) is 0 Å². The van der Waals surface area contributed by atoms with E-state index in [1.807, 2.05) is 0 Å². The fraction of sp³-hybridized carbons (Fsp3) is 0.533. The van der Waals surface area contributed by atoms with Gasteiger partial charge in [0.05, 0.1) is 16.7 Å². The van der Waals surface area contributed by atoms with Gasteiger partial charge in [-0.1, -0.05) is 6.07 Å². The van der Waals surface area contributed by atoms with E-state index in [0.29, 0.717) is 30.2 Å². The molecule has 1 atom stereocenters. The van der Waals surface area contributed by atoms with Gasteiger partial charge in [-0.3, -0.25) is 4.79 Å². The van der Waals surface area contributed by atoms with Crippen molar-refractivity contribution in [2.45, 2.75) is 30.2 Å². The molecule has 1 unspecified atom stereocenters. The van der Waals surface area contributed by atoms with Gasteiger partial charge in [-0.15, -0.1) is 0 Å². The number of fused-ring (bicyclic) bond motifs is 1. The summed E-state index contributed by atoms with van der Waals surface area (Å²) >= 11 is 0. The summed E-state index contributed by atoms with van der Waals surface area (Å²) in [6.07, 6.45) is 2.08. The Kier molecular flexibility index (Phi) is 4.20. The van der Waals surface area contributed by atoms with Crippen molar-refractivity contribution in [3.05, 3.63) is 23.8 Å². The van der Waals surface area contributed by atoms with Crippen LogP contribution in [0.5, 0.6) is 0 Å². The summed E-state index contributed by atoms with van der Waals surface area (Å²) in [4.78, 5) is 12.6. The van der Waals surface area contributed by atoms with Gasteiger partial charge in [-0.2, -0.15) is 0 Å². The van der Waals surface area contributed by atoms with E-state index in [2.05, 4.69) is 5.32 Å². The topological polar surface area (TPSA) is 98.5 Å². The van der Waals surface area contributed by atoms with Crippen LogP contribution in [0, 0.1) is 5.92 Å². The molecule has 1 saturated heterocycles. The molecule has 7 heteroatoms. The van der Waals surface area contributed by atoms with Crippen molar-refractivity contribution in [3.8, 4) is 0 Å². The van der Waals surface area contributed by atoms with E-state index < -0.39 is 15.9 Å². The highest BCUT2D eigenvalue weighted by molar-refractivity contribution is 7.91. The van der Waals surface area contributed by atoms with E-state index in [-0.39, 0.29) is 17.6 Å². The Morgan fingerprint density at radius 2 is 2.05 bits per heavy atom. The Hall–Kier alpha value is -1.44. The van der Waals surface area contributed by atoms with Gasteiger partial charge in [-0.05, 0) is 42.9 Å². The van der Waals surface area contributed by atoms with E-state index in [0.717, 1.165) is 18.4 Å². The van der Waals surface area contributed by atoms with Crippen molar-refractivity contribution < 1.29 is 17.9 Å². The first-order chi connectivity index (χ1) is 10.5. The van der Waals surface area contributed by atoms with Crippen LogP contribution in [-0.2, 0) is 25.8 Å². The monoisotopic (exact) mass is 324 g/mol. The lowest BCUT2D eigenvalue weighted by molar-refractivity contribution is -0.119. The summed E-state index contributed by atoms with van der Waals surface area (Å²) < 4.78 is 29.1. The molecule has 120 valence electrons. The molecular weight excluding hydrogens is 304 g/mol. The molecule has 0 bridgehead atoms. The van der Waals surface area contributed by atoms with Gasteiger partial charge in [0, 0.05) is 18.9 Å². The minimum atomic E-state index is -3.20. The first-order valence-corrected chi connectivity index (χ1v) is 9.12.